The van der Waals surface area contributed by atoms with Crippen LogP contribution in [-0.2, 0) is 20.5 Å². The summed E-state index contributed by atoms with van der Waals surface area (Å²) in [4.78, 5) is 29.2. The number of carbonyl (C=O) groups is 2. The molecule has 148 valence electrons. The average molecular weight is 373 g/mol. The van der Waals surface area contributed by atoms with Crippen LogP contribution in [0, 0.1) is 0 Å². The van der Waals surface area contributed by atoms with Crippen LogP contribution in [0.25, 0.3) is 0 Å². The van der Waals surface area contributed by atoms with E-state index >= 15 is 0 Å². The molecule has 1 aromatic rings. The number of imide groups is 1. The van der Waals surface area contributed by atoms with Crippen LogP contribution < -0.4 is 5.32 Å². The third-order valence-corrected chi connectivity index (χ3v) is 5.66. The lowest BCUT2D eigenvalue weighted by Gasteiger charge is -2.38. The highest BCUT2D eigenvalue weighted by atomic mass is 16.5. The molecule has 0 aliphatic carbocycles. The van der Waals surface area contributed by atoms with Gasteiger partial charge in [-0.25, -0.2) is 9.69 Å². The van der Waals surface area contributed by atoms with Crippen LogP contribution in [0.5, 0.6) is 0 Å². The number of urea groups is 1. The molecule has 0 bridgehead atoms. The Bertz CT molecular complexity index is 725. The zero-order valence-electron chi connectivity index (χ0n) is 17.2. The molecule has 0 saturated carbocycles. The fourth-order valence-electron chi connectivity index (χ4n) is 3.68. The van der Waals surface area contributed by atoms with Crippen LogP contribution >= 0.6 is 0 Å². The fraction of sp³-hybridized carbons (Fsp3) is 0.619. The van der Waals surface area contributed by atoms with Crippen molar-refractivity contribution >= 4 is 11.9 Å². The number of benzene rings is 1. The maximum atomic E-state index is 13.2. The normalized spacial score (nSPS) is 29.9. The summed E-state index contributed by atoms with van der Waals surface area (Å²) >= 11 is 0. The molecule has 2 fully saturated rings. The Morgan fingerprint density at radius 3 is 2.41 bits per heavy atom. The van der Waals surface area contributed by atoms with Crippen LogP contribution in [0.4, 0.5) is 4.79 Å². The van der Waals surface area contributed by atoms with E-state index in [0.717, 1.165) is 5.56 Å². The molecule has 2 aliphatic heterocycles. The Morgan fingerprint density at radius 2 is 1.81 bits per heavy atom. The van der Waals surface area contributed by atoms with E-state index in [1.165, 1.54) is 10.5 Å². The van der Waals surface area contributed by atoms with Crippen molar-refractivity contribution in [3.63, 3.8) is 0 Å². The number of carbonyl (C=O) groups excluding carboxylic acids is 2. The number of nitrogens with one attached hydrogen (secondary N) is 1. The Morgan fingerprint density at radius 1 is 1.19 bits per heavy atom. The van der Waals surface area contributed by atoms with Gasteiger partial charge in [0, 0.05) is 12.6 Å². The van der Waals surface area contributed by atoms with Crippen LogP contribution in [0.1, 0.15) is 52.7 Å². The molecule has 6 nitrogen and oxygen atoms in total. The van der Waals surface area contributed by atoms with Crippen molar-refractivity contribution in [3.05, 3.63) is 35.4 Å². The number of rotatable bonds is 3. The van der Waals surface area contributed by atoms with Crippen LogP contribution in [0.15, 0.2) is 24.3 Å². The third-order valence-electron chi connectivity index (χ3n) is 5.66. The number of hydrogen-bond donors (Lipinski definition) is 1. The van der Waals surface area contributed by atoms with E-state index in [1.807, 2.05) is 31.2 Å². The number of morpholine rings is 1. The second-order valence-electron chi connectivity index (χ2n) is 9.02. The maximum absolute atomic E-state index is 13.2. The average Bonchev–Trinajstić information content (AvgIpc) is 2.81. The van der Waals surface area contributed by atoms with Gasteiger partial charge in [-0.3, -0.25) is 9.69 Å². The highest BCUT2D eigenvalue weighted by Crippen LogP contribution is 2.31. The molecule has 3 rings (SSSR count). The fourth-order valence-corrected chi connectivity index (χ4v) is 3.68. The van der Waals surface area contributed by atoms with Gasteiger partial charge in [-0.05, 0) is 37.3 Å². The summed E-state index contributed by atoms with van der Waals surface area (Å²) in [5.74, 6) is -0.206. The summed E-state index contributed by atoms with van der Waals surface area (Å²) in [5.41, 5.74) is 1.01. The standard InChI is InChI=1S/C21H31N3O3/c1-14-12-27-15(2)11-23(14)13-24-18(25)21(6,22-19(24)26)17-9-7-16(8-10-17)20(3,4)5/h7-10,14-15H,11-13H2,1-6H3,(H,22,26). The smallest absolute Gasteiger partial charge is 0.326 e. The third kappa shape index (κ3) is 3.73. The molecule has 2 aliphatic rings. The predicted octanol–water partition coefficient (Wildman–Crippen LogP) is 2.82. The SMILES string of the molecule is CC1CN(CN2C(=O)NC(C)(c3ccc(C(C)(C)C)cc3)C2=O)C(C)CO1. The van der Waals surface area contributed by atoms with Crippen LogP contribution in [0.2, 0.25) is 0 Å². The minimum Gasteiger partial charge on any atom is -0.376 e. The van der Waals surface area contributed by atoms with E-state index in [2.05, 4.69) is 37.9 Å². The molecule has 27 heavy (non-hydrogen) atoms. The first kappa shape index (κ1) is 19.8. The lowest BCUT2D eigenvalue weighted by Crippen LogP contribution is -2.53. The maximum Gasteiger partial charge on any atom is 0.326 e. The first-order valence-corrected chi connectivity index (χ1v) is 9.63. The number of amides is 3. The lowest BCUT2D eigenvalue weighted by atomic mass is 9.84. The van der Waals surface area contributed by atoms with E-state index in [0.29, 0.717) is 13.2 Å². The van der Waals surface area contributed by atoms with Crippen molar-refractivity contribution in [2.45, 2.75) is 64.6 Å². The molecule has 3 atom stereocenters. The summed E-state index contributed by atoms with van der Waals surface area (Å²) in [6.07, 6.45) is 0.0956. The molecular weight excluding hydrogens is 342 g/mol. The zero-order valence-corrected chi connectivity index (χ0v) is 17.2. The van der Waals surface area contributed by atoms with Gasteiger partial charge in [-0.15, -0.1) is 0 Å². The highest BCUT2D eigenvalue weighted by Gasteiger charge is 2.49. The molecule has 0 radical (unpaired) electrons. The predicted molar refractivity (Wildman–Crippen MR) is 104 cm³/mol. The largest absolute Gasteiger partial charge is 0.376 e. The van der Waals surface area contributed by atoms with E-state index in [4.69, 9.17) is 4.74 Å². The Balaban J connectivity index is 1.80. The Hall–Kier alpha value is -1.92. The van der Waals surface area contributed by atoms with Crippen LogP contribution in [-0.4, -0.2) is 53.7 Å². The number of ether oxygens (including phenoxy) is 1. The number of nitrogens with zero attached hydrogens (tertiary/aromatic N) is 2. The molecular formula is C21H31N3O3. The minimum absolute atomic E-state index is 0.0393. The summed E-state index contributed by atoms with van der Waals surface area (Å²) in [6, 6.07) is 7.79. The van der Waals surface area contributed by atoms with Crippen molar-refractivity contribution in [2.24, 2.45) is 0 Å². The molecule has 1 aromatic carbocycles. The van der Waals surface area contributed by atoms with Gasteiger partial charge < -0.3 is 10.1 Å². The summed E-state index contributed by atoms with van der Waals surface area (Å²) in [5, 5.41) is 2.90. The van der Waals surface area contributed by atoms with Crippen molar-refractivity contribution in [3.8, 4) is 0 Å². The van der Waals surface area contributed by atoms with Crippen molar-refractivity contribution in [1.29, 1.82) is 0 Å². The second-order valence-corrected chi connectivity index (χ2v) is 9.02. The van der Waals surface area contributed by atoms with Crippen LogP contribution in [0.3, 0.4) is 0 Å². The van der Waals surface area contributed by atoms with Gasteiger partial charge in [-0.1, -0.05) is 45.0 Å². The topological polar surface area (TPSA) is 61.9 Å². The monoisotopic (exact) mass is 373 g/mol. The Kier molecular flexibility index (Phi) is 5.08. The summed E-state index contributed by atoms with van der Waals surface area (Å²) < 4.78 is 5.64. The van der Waals surface area contributed by atoms with Gasteiger partial charge in [0.25, 0.3) is 5.91 Å². The molecule has 1 N–H and O–H groups in total. The second kappa shape index (κ2) is 6.91. The van der Waals surface area contributed by atoms with Crippen molar-refractivity contribution < 1.29 is 14.3 Å². The van der Waals surface area contributed by atoms with E-state index in [9.17, 15) is 9.59 Å². The highest BCUT2D eigenvalue weighted by molar-refractivity contribution is 6.07. The molecule has 6 heteroatoms. The molecule has 0 spiro atoms. The molecule has 3 unspecified atom stereocenters. The first-order valence-electron chi connectivity index (χ1n) is 9.63. The molecule has 0 aromatic heterocycles. The van der Waals surface area contributed by atoms with Gasteiger partial charge in [-0.2, -0.15) is 0 Å². The molecule has 3 amide bonds. The lowest BCUT2D eigenvalue weighted by molar-refractivity contribution is -0.135. The zero-order chi connectivity index (χ0) is 20.0. The Labute approximate surface area is 161 Å². The van der Waals surface area contributed by atoms with E-state index in [-0.39, 0.29) is 36.2 Å². The van der Waals surface area contributed by atoms with E-state index < -0.39 is 5.54 Å². The number of hydrogen-bond acceptors (Lipinski definition) is 4. The van der Waals surface area contributed by atoms with Gasteiger partial charge >= 0.3 is 6.03 Å². The van der Waals surface area contributed by atoms with E-state index in [1.54, 1.807) is 6.92 Å². The van der Waals surface area contributed by atoms with Crippen molar-refractivity contribution in [1.82, 2.24) is 15.1 Å². The first-order chi connectivity index (χ1) is 12.5. The molecule has 2 heterocycles. The molecule has 2 saturated heterocycles. The van der Waals surface area contributed by atoms with Gasteiger partial charge in [0.05, 0.1) is 19.4 Å². The quantitative estimate of drug-likeness (QED) is 0.828. The summed E-state index contributed by atoms with van der Waals surface area (Å²) in [7, 11) is 0. The minimum atomic E-state index is -1.03. The van der Waals surface area contributed by atoms with Gasteiger partial charge in [0.15, 0.2) is 0 Å². The summed E-state index contributed by atoms with van der Waals surface area (Å²) in [6.45, 7) is 13.9. The van der Waals surface area contributed by atoms with Gasteiger partial charge in [0.1, 0.15) is 5.54 Å². The van der Waals surface area contributed by atoms with Crippen molar-refractivity contribution in [2.75, 3.05) is 19.8 Å². The van der Waals surface area contributed by atoms with Gasteiger partial charge in [0.2, 0.25) is 0 Å².